The number of hydrogen-bond acceptors (Lipinski definition) is 3. The second kappa shape index (κ2) is 6.54. The highest BCUT2D eigenvalue weighted by molar-refractivity contribution is 4.82. The fourth-order valence-electron chi connectivity index (χ4n) is 2.49. The van der Waals surface area contributed by atoms with Crippen LogP contribution in [0.2, 0.25) is 0 Å². The third-order valence-electron chi connectivity index (χ3n) is 3.54. The summed E-state index contributed by atoms with van der Waals surface area (Å²) in [4.78, 5) is 24.6. The van der Waals surface area contributed by atoms with Crippen molar-refractivity contribution in [2.24, 2.45) is 0 Å². The first kappa shape index (κ1) is 13.1. The lowest BCUT2D eigenvalue weighted by atomic mass is 10.1. The molecule has 0 bridgehead atoms. The van der Waals surface area contributed by atoms with Crippen LogP contribution in [0.4, 0.5) is 0 Å². The van der Waals surface area contributed by atoms with E-state index in [9.17, 15) is 9.59 Å². The van der Waals surface area contributed by atoms with Gasteiger partial charge in [-0.1, -0.05) is 25.7 Å². The normalized spacial score (nSPS) is 17.6. The average Bonchev–Trinajstić information content (AvgIpc) is 2.60. The standard InChI is InChI=1S/C13H21N3O2/c17-12-7-9-16(13(18)15-12)10-8-14-11-5-3-1-2-4-6-11/h7,9,11,14H,1-6,8,10H2,(H,15,17,18). The molecule has 0 saturated heterocycles. The highest BCUT2D eigenvalue weighted by Crippen LogP contribution is 2.16. The Morgan fingerprint density at radius 1 is 1.22 bits per heavy atom. The largest absolute Gasteiger partial charge is 0.328 e. The Labute approximate surface area is 106 Å². The number of hydrogen-bond donors (Lipinski definition) is 2. The topological polar surface area (TPSA) is 66.9 Å². The lowest BCUT2D eigenvalue weighted by Gasteiger charge is -2.16. The van der Waals surface area contributed by atoms with Crippen molar-refractivity contribution in [3.05, 3.63) is 33.1 Å². The second-order valence-corrected chi connectivity index (χ2v) is 4.95. The molecule has 0 unspecified atom stereocenters. The summed E-state index contributed by atoms with van der Waals surface area (Å²) in [5.41, 5.74) is -0.668. The second-order valence-electron chi connectivity index (χ2n) is 4.95. The predicted molar refractivity (Wildman–Crippen MR) is 70.8 cm³/mol. The molecule has 0 aliphatic heterocycles. The SMILES string of the molecule is O=c1ccn(CCNC2CCCCCC2)c(=O)[nH]1. The monoisotopic (exact) mass is 251 g/mol. The molecule has 2 N–H and O–H groups in total. The molecule has 0 atom stereocenters. The van der Waals surface area contributed by atoms with Crippen molar-refractivity contribution in [3.8, 4) is 0 Å². The number of H-pyrrole nitrogens is 1. The smallest absolute Gasteiger partial charge is 0.312 e. The van der Waals surface area contributed by atoms with Crippen molar-refractivity contribution >= 4 is 0 Å². The van der Waals surface area contributed by atoms with Crippen molar-refractivity contribution in [2.75, 3.05) is 6.54 Å². The number of rotatable bonds is 4. The molecule has 0 aromatic carbocycles. The molecule has 1 saturated carbocycles. The van der Waals surface area contributed by atoms with Crippen molar-refractivity contribution in [1.29, 1.82) is 0 Å². The minimum absolute atomic E-state index is 0.329. The van der Waals surface area contributed by atoms with Crippen molar-refractivity contribution in [3.63, 3.8) is 0 Å². The van der Waals surface area contributed by atoms with E-state index in [0.717, 1.165) is 6.54 Å². The Bertz CT molecular complexity index is 470. The van der Waals surface area contributed by atoms with Gasteiger partial charge in [0.15, 0.2) is 0 Å². The van der Waals surface area contributed by atoms with Gasteiger partial charge in [-0.3, -0.25) is 14.3 Å². The zero-order chi connectivity index (χ0) is 12.8. The van der Waals surface area contributed by atoms with E-state index in [1.807, 2.05) is 0 Å². The van der Waals surface area contributed by atoms with Crippen LogP contribution < -0.4 is 16.6 Å². The third kappa shape index (κ3) is 3.84. The summed E-state index contributed by atoms with van der Waals surface area (Å²) in [6.45, 7) is 1.38. The number of nitrogens with zero attached hydrogens (tertiary/aromatic N) is 1. The third-order valence-corrected chi connectivity index (χ3v) is 3.54. The molecule has 1 fully saturated rings. The van der Waals surface area contributed by atoms with Gasteiger partial charge < -0.3 is 5.32 Å². The van der Waals surface area contributed by atoms with Crippen molar-refractivity contribution < 1.29 is 0 Å². The molecule has 1 aliphatic rings. The van der Waals surface area contributed by atoms with Gasteiger partial charge in [-0.05, 0) is 12.8 Å². The van der Waals surface area contributed by atoms with Gasteiger partial charge in [-0.25, -0.2) is 4.79 Å². The molecule has 0 amide bonds. The predicted octanol–water partition coefficient (Wildman–Crippen LogP) is 0.849. The maximum atomic E-state index is 11.5. The van der Waals surface area contributed by atoms with Gasteiger partial charge in [0.2, 0.25) is 0 Å². The Morgan fingerprint density at radius 3 is 2.61 bits per heavy atom. The molecular formula is C13H21N3O2. The molecule has 18 heavy (non-hydrogen) atoms. The van der Waals surface area contributed by atoms with Gasteiger partial charge in [0.1, 0.15) is 0 Å². The van der Waals surface area contributed by atoms with Gasteiger partial charge in [-0.2, -0.15) is 0 Å². The van der Waals surface area contributed by atoms with Crippen LogP contribution in [0.1, 0.15) is 38.5 Å². The Hall–Kier alpha value is -1.36. The van der Waals surface area contributed by atoms with Crippen LogP contribution in [0.25, 0.3) is 0 Å². The van der Waals surface area contributed by atoms with Crippen LogP contribution in [0.15, 0.2) is 21.9 Å². The first-order valence-corrected chi connectivity index (χ1v) is 6.79. The number of aromatic amines is 1. The summed E-state index contributed by atoms with van der Waals surface area (Å²) >= 11 is 0. The fourth-order valence-corrected chi connectivity index (χ4v) is 2.49. The lowest BCUT2D eigenvalue weighted by Crippen LogP contribution is -2.35. The van der Waals surface area contributed by atoms with Crippen LogP contribution >= 0.6 is 0 Å². The highest BCUT2D eigenvalue weighted by Gasteiger charge is 2.10. The molecule has 1 aliphatic carbocycles. The molecular weight excluding hydrogens is 230 g/mol. The molecule has 2 rings (SSSR count). The minimum atomic E-state index is -0.340. The van der Waals surface area contributed by atoms with E-state index in [0.29, 0.717) is 12.6 Å². The van der Waals surface area contributed by atoms with Crippen LogP contribution in [0, 0.1) is 0 Å². The van der Waals surface area contributed by atoms with E-state index in [4.69, 9.17) is 0 Å². The lowest BCUT2D eigenvalue weighted by molar-refractivity contribution is 0.441. The van der Waals surface area contributed by atoms with E-state index >= 15 is 0 Å². The zero-order valence-electron chi connectivity index (χ0n) is 10.7. The Kier molecular flexibility index (Phi) is 4.75. The van der Waals surface area contributed by atoms with E-state index < -0.39 is 0 Å². The maximum Gasteiger partial charge on any atom is 0.328 e. The van der Waals surface area contributed by atoms with E-state index in [1.165, 1.54) is 49.2 Å². The van der Waals surface area contributed by atoms with Gasteiger partial charge in [0.05, 0.1) is 0 Å². The molecule has 5 nitrogen and oxygen atoms in total. The summed E-state index contributed by atoms with van der Waals surface area (Å²) in [5.74, 6) is 0. The molecule has 1 aromatic heterocycles. The number of aromatic nitrogens is 2. The Morgan fingerprint density at radius 2 is 1.94 bits per heavy atom. The first-order valence-electron chi connectivity index (χ1n) is 6.79. The maximum absolute atomic E-state index is 11.5. The molecule has 5 heteroatoms. The van der Waals surface area contributed by atoms with Gasteiger partial charge >= 0.3 is 5.69 Å². The first-order chi connectivity index (χ1) is 8.75. The van der Waals surface area contributed by atoms with Crippen molar-refractivity contribution in [1.82, 2.24) is 14.9 Å². The van der Waals surface area contributed by atoms with Crippen LogP contribution in [0.5, 0.6) is 0 Å². The zero-order valence-corrected chi connectivity index (χ0v) is 10.7. The summed E-state index contributed by atoms with van der Waals surface area (Å²) in [7, 11) is 0. The van der Waals surface area contributed by atoms with Crippen LogP contribution in [-0.2, 0) is 6.54 Å². The van der Waals surface area contributed by atoms with Crippen molar-refractivity contribution in [2.45, 2.75) is 51.1 Å². The minimum Gasteiger partial charge on any atom is -0.312 e. The van der Waals surface area contributed by atoms with E-state index in [-0.39, 0.29) is 11.2 Å². The van der Waals surface area contributed by atoms with Gasteiger partial charge in [0.25, 0.3) is 5.56 Å². The average molecular weight is 251 g/mol. The summed E-state index contributed by atoms with van der Waals surface area (Å²) in [6, 6.07) is 1.97. The van der Waals surface area contributed by atoms with Gasteiger partial charge in [0, 0.05) is 31.4 Å². The summed E-state index contributed by atoms with van der Waals surface area (Å²) in [5, 5.41) is 3.50. The highest BCUT2D eigenvalue weighted by atomic mass is 16.2. The van der Waals surface area contributed by atoms with Gasteiger partial charge in [-0.15, -0.1) is 0 Å². The number of nitrogens with one attached hydrogen (secondary N) is 2. The molecule has 0 radical (unpaired) electrons. The van der Waals surface area contributed by atoms with E-state index in [2.05, 4.69) is 10.3 Å². The van der Waals surface area contributed by atoms with E-state index in [1.54, 1.807) is 6.20 Å². The quantitative estimate of drug-likeness (QED) is 0.780. The molecule has 100 valence electrons. The van der Waals surface area contributed by atoms with Crippen LogP contribution in [0.3, 0.4) is 0 Å². The molecule has 0 spiro atoms. The molecule has 1 heterocycles. The summed E-state index contributed by atoms with van der Waals surface area (Å²) in [6.07, 6.45) is 9.32. The summed E-state index contributed by atoms with van der Waals surface area (Å²) < 4.78 is 1.53. The Balaban J connectivity index is 1.80. The van der Waals surface area contributed by atoms with Crippen LogP contribution in [-0.4, -0.2) is 22.1 Å². The molecule has 1 aromatic rings. The fraction of sp³-hybridized carbons (Fsp3) is 0.692.